The summed E-state index contributed by atoms with van der Waals surface area (Å²) in [5, 5.41) is 3.26. The van der Waals surface area contributed by atoms with Gasteiger partial charge in [-0.2, -0.15) is 0 Å². The van der Waals surface area contributed by atoms with Crippen LogP contribution in [0.1, 0.15) is 35.2 Å². The standard InChI is InChI=1S/C24H28BrN3O2/c25-21-8-6-20(7-9-21)24(30)28-14-10-19(11-15-28)23(29)26-22-12-13-27(17-22)16-18-4-2-1-3-5-18/h1-9,19,22H,10-17H2,(H,26,29). The third kappa shape index (κ3) is 5.29. The van der Waals surface area contributed by atoms with Crippen LogP contribution in [0.4, 0.5) is 0 Å². The zero-order valence-corrected chi connectivity index (χ0v) is 18.7. The number of halogens is 1. The first-order chi connectivity index (χ1) is 14.6. The van der Waals surface area contributed by atoms with E-state index in [0.29, 0.717) is 18.7 Å². The van der Waals surface area contributed by atoms with Crippen LogP contribution in [0.25, 0.3) is 0 Å². The molecule has 2 aliphatic heterocycles. The van der Waals surface area contributed by atoms with Crippen molar-refractivity contribution in [1.82, 2.24) is 15.1 Å². The quantitative estimate of drug-likeness (QED) is 0.726. The number of nitrogens with zero attached hydrogens (tertiary/aromatic N) is 2. The van der Waals surface area contributed by atoms with E-state index in [9.17, 15) is 9.59 Å². The van der Waals surface area contributed by atoms with E-state index in [1.54, 1.807) is 0 Å². The van der Waals surface area contributed by atoms with Gasteiger partial charge in [0.15, 0.2) is 0 Å². The third-order valence-corrected chi connectivity index (χ3v) is 6.64. The molecule has 1 unspecified atom stereocenters. The molecule has 2 amide bonds. The van der Waals surface area contributed by atoms with Gasteiger partial charge in [0.2, 0.25) is 5.91 Å². The van der Waals surface area contributed by atoms with Gasteiger partial charge >= 0.3 is 0 Å². The maximum Gasteiger partial charge on any atom is 0.253 e. The van der Waals surface area contributed by atoms with Crippen LogP contribution >= 0.6 is 15.9 Å². The largest absolute Gasteiger partial charge is 0.352 e. The van der Waals surface area contributed by atoms with E-state index in [1.165, 1.54) is 5.56 Å². The summed E-state index contributed by atoms with van der Waals surface area (Å²) in [5.74, 6) is 0.202. The number of benzene rings is 2. The summed E-state index contributed by atoms with van der Waals surface area (Å²) < 4.78 is 0.962. The van der Waals surface area contributed by atoms with Crippen molar-refractivity contribution in [3.05, 3.63) is 70.2 Å². The molecule has 2 aromatic rings. The lowest BCUT2D eigenvalue weighted by Gasteiger charge is -2.32. The lowest BCUT2D eigenvalue weighted by atomic mass is 9.95. The Hall–Kier alpha value is -2.18. The number of piperidine rings is 1. The highest BCUT2D eigenvalue weighted by molar-refractivity contribution is 9.10. The average molecular weight is 470 g/mol. The number of carbonyl (C=O) groups is 2. The van der Waals surface area contributed by atoms with Crippen molar-refractivity contribution in [1.29, 1.82) is 0 Å². The molecule has 0 bridgehead atoms. The maximum absolute atomic E-state index is 12.8. The fraction of sp³-hybridized carbons (Fsp3) is 0.417. The van der Waals surface area contributed by atoms with Gasteiger partial charge in [-0.3, -0.25) is 14.5 Å². The number of hydrogen-bond acceptors (Lipinski definition) is 3. The first-order valence-electron chi connectivity index (χ1n) is 10.7. The van der Waals surface area contributed by atoms with Crippen molar-refractivity contribution < 1.29 is 9.59 Å². The van der Waals surface area contributed by atoms with E-state index in [0.717, 1.165) is 43.4 Å². The van der Waals surface area contributed by atoms with Gasteiger partial charge in [-0.15, -0.1) is 0 Å². The summed E-state index contributed by atoms with van der Waals surface area (Å²) in [5.41, 5.74) is 2.01. The molecule has 5 nitrogen and oxygen atoms in total. The first kappa shape index (κ1) is 21.1. The summed E-state index contributed by atoms with van der Waals surface area (Å²) in [6.45, 7) is 4.13. The van der Waals surface area contributed by atoms with Gasteiger partial charge in [0.25, 0.3) is 5.91 Å². The minimum Gasteiger partial charge on any atom is -0.352 e. The Morgan fingerprint density at radius 1 is 0.933 bits per heavy atom. The third-order valence-electron chi connectivity index (χ3n) is 6.11. The molecule has 2 aliphatic rings. The molecule has 2 heterocycles. The van der Waals surface area contributed by atoms with Crippen molar-refractivity contribution in [2.45, 2.75) is 31.8 Å². The number of nitrogens with one attached hydrogen (secondary N) is 1. The molecule has 6 heteroatoms. The smallest absolute Gasteiger partial charge is 0.253 e. The first-order valence-corrected chi connectivity index (χ1v) is 11.5. The van der Waals surface area contributed by atoms with Gasteiger partial charge in [0.05, 0.1) is 0 Å². The summed E-state index contributed by atoms with van der Waals surface area (Å²) in [6.07, 6.45) is 2.46. The number of hydrogen-bond donors (Lipinski definition) is 1. The van der Waals surface area contributed by atoms with Gasteiger partial charge in [-0.05, 0) is 49.1 Å². The Bertz CT molecular complexity index is 864. The molecule has 0 aromatic heterocycles. The second kappa shape index (κ2) is 9.75. The highest BCUT2D eigenvalue weighted by Gasteiger charge is 2.30. The molecule has 4 rings (SSSR count). The minimum atomic E-state index is 0.00198. The summed E-state index contributed by atoms with van der Waals surface area (Å²) in [4.78, 5) is 29.7. The van der Waals surface area contributed by atoms with Gasteiger partial charge in [0, 0.05) is 54.7 Å². The van der Waals surface area contributed by atoms with E-state index in [2.05, 4.69) is 50.4 Å². The number of carbonyl (C=O) groups excluding carboxylic acids is 2. The van der Waals surface area contributed by atoms with Crippen LogP contribution in [0.5, 0.6) is 0 Å². The van der Waals surface area contributed by atoms with E-state index in [4.69, 9.17) is 0 Å². The number of amides is 2. The zero-order valence-electron chi connectivity index (χ0n) is 17.1. The molecule has 2 fully saturated rings. The fourth-order valence-electron chi connectivity index (χ4n) is 4.37. The van der Waals surface area contributed by atoms with Crippen molar-refractivity contribution in [3.8, 4) is 0 Å². The molecule has 1 atom stereocenters. The highest BCUT2D eigenvalue weighted by atomic mass is 79.9. The van der Waals surface area contributed by atoms with Crippen LogP contribution in [-0.2, 0) is 11.3 Å². The topological polar surface area (TPSA) is 52.7 Å². The molecule has 0 saturated carbocycles. The van der Waals surface area contributed by atoms with Crippen LogP contribution in [0.2, 0.25) is 0 Å². The van der Waals surface area contributed by atoms with Crippen molar-refractivity contribution >= 4 is 27.7 Å². The Balaban J connectivity index is 1.22. The van der Waals surface area contributed by atoms with Gasteiger partial charge in [0.1, 0.15) is 0 Å². The summed E-state index contributed by atoms with van der Waals surface area (Å²) >= 11 is 3.40. The Kier molecular flexibility index (Phi) is 6.85. The molecule has 30 heavy (non-hydrogen) atoms. The lowest BCUT2D eigenvalue weighted by molar-refractivity contribution is -0.126. The van der Waals surface area contributed by atoms with E-state index >= 15 is 0 Å². The predicted octanol–water partition coefficient (Wildman–Crippen LogP) is 3.69. The maximum atomic E-state index is 12.8. The SMILES string of the molecule is O=C(NC1CCN(Cc2ccccc2)C1)C1CCN(C(=O)c2ccc(Br)cc2)CC1. The Morgan fingerprint density at radius 2 is 1.63 bits per heavy atom. The van der Waals surface area contributed by atoms with Crippen molar-refractivity contribution in [2.75, 3.05) is 26.2 Å². The molecule has 0 spiro atoms. The molecule has 2 aromatic carbocycles. The second-order valence-electron chi connectivity index (χ2n) is 8.29. The van der Waals surface area contributed by atoms with Gasteiger partial charge in [-0.25, -0.2) is 0 Å². The average Bonchev–Trinajstić information content (AvgIpc) is 3.21. The number of rotatable bonds is 5. The molecule has 0 aliphatic carbocycles. The molecule has 1 N–H and O–H groups in total. The summed E-state index contributed by atoms with van der Waals surface area (Å²) in [6, 6.07) is 18.1. The van der Waals surface area contributed by atoms with Crippen LogP contribution in [-0.4, -0.2) is 53.8 Å². The Labute approximate surface area is 186 Å². The zero-order chi connectivity index (χ0) is 20.9. The van der Waals surface area contributed by atoms with Gasteiger partial charge < -0.3 is 10.2 Å². The van der Waals surface area contributed by atoms with Crippen molar-refractivity contribution in [2.24, 2.45) is 5.92 Å². The van der Waals surface area contributed by atoms with Crippen molar-refractivity contribution in [3.63, 3.8) is 0 Å². The minimum absolute atomic E-state index is 0.00198. The van der Waals surface area contributed by atoms with Crippen LogP contribution in [0.3, 0.4) is 0 Å². The number of likely N-dealkylation sites (tertiary alicyclic amines) is 2. The second-order valence-corrected chi connectivity index (χ2v) is 9.20. The predicted molar refractivity (Wildman–Crippen MR) is 121 cm³/mol. The molecule has 158 valence electrons. The highest BCUT2D eigenvalue weighted by Crippen LogP contribution is 2.21. The lowest BCUT2D eigenvalue weighted by Crippen LogP contribution is -2.46. The van der Waals surface area contributed by atoms with E-state index in [1.807, 2.05) is 35.2 Å². The van der Waals surface area contributed by atoms with Crippen LogP contribution in [0.15, 0.2) is 59.1 Å². The summed E-state index contributed by atoms with van der Waals surface area (Å²) in [7, 11) is 0. The fourth-order valence-corrected chi connectivity index (χ4v) is 4.64. The molecular formula is C24H28BrN3O2. The van der Waals surface area contributed by atoms with E-state index in [-0.39, 0.29) is 23.8 Å². The monoisotopic (exact) mass is 469 g/mol. The molecular weight excluding hydrogens is 442 g/mol. The molecule has 2 saturated heterocycles. The van der Waals surface area contributed by atoms with Gasteiger partial charge in [-0.1, -0.05) is 46.3 Å². The Morgan fingerprint density at radius 3 is 2.33 bits per heavy atom. The van der Waals surface area contributed by atoms with E-state index < -0.39 is 0 Å². The normalized spacial score (nSPS) is 20.3. The van der Waals surface area contributed by atoms with Crippen LogP contribution in [0, 0.1) is 5.92 Å². The molecule has 0 radical (unpaired) electrons. The van der Waals surface area contributed by atoms with Crippen LogP contribution < -0.4 is 5.32 Å².